The van der Waals surface area contributed by atoms with Gasteiger partial charge in [-0.2, -0.15) is 0 Å². The molecular weight excluding hydrogens is 440 g/mol. The van der Waals surface area contributed by atoms with E-state index in [1.54, 1.807) is 24.3 Å². The van der Waals surface area contributed by atoms with Crippen molar-refractivity contribution in [3.63, 3.8) is 0 Å². The molecule has 1 amide bonds. The monoisotopic (exact) mass is 470 g/mol. The second kappa shape index (κ2) is 13.8. The smallest absolute Gasteiger partial charge is 0.408 e. The molecule has 10 nitrogen and oxygen atoms in total. The Morgan fingerprint density at radius 2 is 1.78 bits per heavy atom. The van der Waals surface area contributed by atoms with Gasteiger partial charge in [0.25, 0.3) is 0 Å². The van der Waals surface area contributed by atoms with Crippen LogP contribution in [0.15, 0.2) is 30.3 Å². The highest BCUT2D eigenvalue weighted by molar-refractivity contribution is 8.13. The van der Waals surface area contributed by atoms with Gasteiger partial charge in [0.05, 0.1) is 0 Å². The van der Waals surface area contributed by atoms with Crippen molar-refractivity contribution in [2.24, 2.45) is 5.73 Å². The maximum atomic E-state index is 13.1. The van der Waals surface area contributed by atoms with Crippen molar-refractivity contribution < 1.29 is 38.5 Å². The molecule has 1 rings (SSSR count). The first-order valence-corrected chi connectivity index (χ1v) is 10.8. The van der Waals surface area contributed by atoms with Crippen LogP contribution in [-0.4, -0.2) is 65.9 Å². The second-order valence-electron chi connectivity index (χ2n) is 7.00. The van der Waals surface area contributed by atoms with Crippen LogP contribution >= 0.6 is 11.8 Å². The number of ketones is 1. The molecule has 1 aromatic rings. The number of carbonyl (C=O) groups excluding carboxylic acids is 3. The van der Waals surface area contributed by atoms with Gasteiger partial charge < -0.3 is 30.4 Å². The van der Waals surface area contributed by atoms with Crippen molar-refractivity contribution in [1.29, 1.82) is 0 Å². The number of nitrogens with two attached hydrogens (primary N) is 1. The fourth-order valence-corrected chi connectivity index (χ4v) is 3.45. The summed E-state index contributed by atoms with van der Waals surface area (Å²) in [5.41, 5.74) is 4.44. The molecule has 4 N–H and O–H groups in total. The predicted octanol–water partition coefficient (Wildman–Crippen LogP) is 1.70. The molecule has 0 saturated heterocycles. The van der Waals surface area contributed by atoms with Gasteiger partial charge in [-0.1, -0.05) is 42.1 Å². The van der Waals surface area contributed by atoms with E-state index in [0.29, 0.717) is 6.42 Å². The minimum Gasteiger partial charge on any atom is -0.480 e. The average Bonchev–Trinajstić information content (AvgIpc) is 2.77. The molecule has 0 saturated carbocycles. The quantitative estimate of drug-likeness (QED) is 0.270. The van der Waals surface area contributed by atoms with Crippen LogP contribution in [-0.2, 0) is 35.2 Å². The largest absolute Gasteiger partial charge is 0.480 e. The molecule has 2 atom stereocenters. The fourth-order valence-electron chi connectivity index (χ4n) is 2.82. The van der Waals surface area contributed by atoms with Gasteiger partial charge in [0.15, 0.2) is 22.7 Å². The van der Waals surface area contributed by atoms with E-state index < -0.39 is 35.7 Å². The number of amides is 1. The van der Waals surface area contributed by atoms with E-state index in [-0.39, 0.29) is 30.3 Å². The van der Waals surface area contributed by atoms with Gasteiger partial charge in [0, 0.05) is 26.9 Å². The molecule has 0 aliphatic heterocycles. The maximum absolute atomic E-state index is 13.1. The summed E-state index contributed by atoms with van der Waals surface area (Å²) in [5.74, 6) is -2.65. The SMILES string of the molecule is COC(CCCC(N)(C(=O)O)C(=O)[C@H](CSC(C)=O)NC(=O)OCc1ccccc1)OC. The Morgan fingerprint density at radius 1 is 1.16 bits per heavy atom. The number of hydrogen-bond donors (Lipinski definition) is 3. The molecule has 0 fully saturated rings. The Bertz CT molecular complexity index is 772. The lowest BCUT2D eigenvalue weighted by Gasteiger charge is -2.28. The first kappa shape index (κ1) is 27.6. The summed E-state index contributed by atoms with van der Waals surface area (Å²) in [6, 6.07) is 7.54. The molecule has 178 valence electrons. The zero-order chi connectivity index (χ0) is 24.1. The number of carboxylic acid groups (broad SMARTS) is 1. The fraction of sp³-hybridized carbons (Fsp3) is 0.524. The summed E-state index contributed by atoms with van der Waals surface area (Å²) in [6.45, 7) is 1.25. The molecule has 32 heavy (non-hydrogen) atoms. The standard InChI is InChI=1S/C21H30N2O8S/c1-14(24)32-13-16(23-20(28)31-12-15-8-5-4-6-9-15)18(25)21(22,19(26)27)11-7-10-17(29-2)30-3/h4-6,8-9,16-17H,7,10-13,22H2,1-3H3,(H,23,28)(H,26,27)/t16-,21?/m0/s1. The Kier molecular flexibility index (Phi) is 11.9. The number of aliphatic carboxylic acids is 1. The van der Waals surface area contributed by atoms with E-state index >= 15 is 0 Å². The molecule has 0 aliphatic rings. The van der Waals surface area contributed by atoms with Crippen LogP contribution in [0.3, 0.4) is 0 Å². The lowest BCUT2D eigenvalue weighted by atomic mass is 9.85. The molecule has 0 spiro atoms. The number of hydrogen-bond acceptors (Lipinski definition) is 9. The lowest BCUT2D eigenvalue weighted by molar-refractivity contribution is -0.149. The number of thioether (sulfide) groups is 1. The lowest BCUT2D eigenvalue weighted by Crippen LogP contribution is -2.62. The van der Waals surface area contributed by atoms with Gasteiger partial charge in [-0.25, -0.2) is 9.59 Å². The third-order valence-electron chi connectivity index (χ3n) is 4.63. The summed E-state index contributed by atoms with van der Waals surface area (Å²) < 4.78 is 15.2. The van der Waals surface area contributed by atoms with Crippen molar-refractivity contribution in [1.82, 2.24) is 5.32 Å². The van der Waals surface area contributed by atoms with E-state index in [1.807, 2.05) is 6.07 Å². The average molecular weight is 471 g/mol. The number of carboxylic acids is 1. The summed E-state index contributed by atoms with van der Waals surface area (Å²) in [4.78, 5) is 48.6. The van der Waals surface area contributed by atoms with E-state index in [2.05, 4.69) is 5.32 Å². The predicted molar refractivity (Wildman–Crippen MR) is 118 cm³/mol. The van der Waals surface area contributed by atoms with Gasteiger partial charge in [-0.3, -0.25) is 9.59 Å². The number of nitrogens with one attached hydrogen (secondary N) is 1. The molecular formula is C21H30N2O8S. The minimum atomic E-state index is -2.28. The van der Waals surface area contributed by atoms with Crippen molar-refractivity contribution in [3.05, 3.63) is 35.9 Å². The third-order valence-corrected chi connectivity index (χ3v) is 5.54. The normalized spacial score (nSPS) is 13.8. The summed E-state index contributed by atoms with van der Waals surface area (Å²) in [7, 11) is 2.87. The first-order valence-electron chi connectivity index (χ1n) is 9.86. The first-order chi connectivity index (χ1) is 15.1. The Morgan fingerprint density at radius 3 is 2.31 bits per heavy atom. The molecule has 0 radical (unpaired) electrons. The molecule has 0 heterocycles. The maximum Gasteiger partial charge on any atom is 0.408 e. The molecule has 0 aromatic heterocycles. The highest BCUT2D eigenvalue weighted by Crippen LogP contribution is 2.19. The number of rotatable bonds is 14. The number of Topliss-reactive ketones (excluding diaryl/α,β-unsaturated/α-hetero) is 1. The van der Waals surface area contributed by atoms with Gasteiger partial charge in [0.1, 0.15) is 12.6 Å². The van der Waals surface area contributed by atoms with E-state index in [1.165, 1.54) is 21.1 Å². The molecule has 1 aromatic carbocycles. The van der Waals surface area contributed by atoms with E-state index in [9.17, 15) is 24.3 Å². The summed E-state index contributed by atoms with van der Waals surface area (Å²) in [6.07, 6.45) is -1.19. The topological polar surface area (TPSA) is 154 Å². The van der Waals surface area contributed by atoms with Crippen LogP contribution in [0.4, 0.5) is 4.79 Å². The van der Waals surface area contributed by atoms with Gasteiger partial charge in [0.2, 0.25) is 0 Å². The van der Waals surface area contributed by atoms with Crippen LogP contribution in [0.2, 0.25) is 0 Å². The summed E-state index contributed by atoms with van der Waals surface area (Å²) in [5, 5.41) is 11.7. The van der Waals surface area contributed by atoms with E-state index in [0.717, 1.165) is 17.3 Å². The van der Waals surface area contributed by atoms with Crippen LogP contribution < -0.4 is 11.1 Å². The number of carbonyl (C=O) groups is 4. The van der Waals surface area contributed by atoms with Gasteiger partial charge in [-0.15, -0.1) is 0 Å². The summed E-state index contributed by atoms with van der Waals surface area (Å²) >= 11 is 0.769. The highest BCUT2D eigenvalue weighted by atomic mass is 32.2. The van der Waals surface area contributed by atoms with E-state index in [4.69, 9.17) is 19.9 Å². The zero-order valence-electron chi connectivity index (χ0n) is 18.4. The molecule has 0 bridgehead atoms. The molecule has 1 unspecified atom stereocenters. The van der Waals surface area contributed by atoms with Crippen LogP contribution in [0.1, 0.15) is 31.7 Å². The second-order valence-corrected chi connectivity index (χ2v) is 8.19. The Balaban J connectivity index is 2.89. The number of ether oxygens (including phenoxy) is 3. The van der Waals surface area contributed by atoms with Crippen molar-refractivity contribution in [3.8, 4) is 0 Å². The van der Waals surface area contributed by atoms with Gasteiger partial charge >= 0.3 is 12.1 Å². The van der Waals surface area contributed by atoms with Crippen LogP contribution in [0.5, 0.6) is 0 Å². The zero-order valence-corrected chi connectivity index (χ0v) is 19.2. The Hall–Kier alpha value is -2.47. The minimum absolute atomic E-state index is 0.0461. The molecule has 11 heteroatoms. The van der Waals surface area contributed by atoms with Crippen molar-refractivity contribution in [2.45, 2.75) is 50.7 Å². The van der Waals surface area contributed by atoms with Crippen molar-refractivity contribution >= 4 is 34.7 Å². The number of benzene rings is 1. The van der Waals surface area contributed by atoms with Crippen LogP contribution in [0, 0.1) is 0 Å². The van der Waals surface area contributed by atoms with Gasteiger partial charge in [-0.05, 0) is 24.8 Å². The molecule has 0 aliphatic carbocycles. The van der Waals surface area contributed by atoms with Crippen LogP contribution in [0.25, 0.3) is 0 Å². The number of methoxy groups -OCH3 is 2. The highest BCUT2D eigenvalue weighted by Gasteiger charge is 2.45. The number of alkyl carbamates (subject to hydrolysis) is 1. The Labute approximate surface area is 191 Å². The van der Waals surface area contributed by atoms with Crippen molar-refractivity contribution in [2.75, 3.05) is 20.0 Å². The third kappa shape index (κ3) is 8.95.